The molecule has 1 aliphatic heterocycles. The minimum absolute atomic E-state index is 0.500. The summed E-state index contributed by atoms with van der Waals surface area (Å²) in [6, 6.07) is 5.43. The van der Waals surface area contributed by atoms with E-state index in [2.05, 4.69) is 9.98 Å². The number of aliphatic imine (C=N–C) groups is 1. The number of hydrogen-bond donors (Lipinski definition) is 1. The van der Waals surface area contributed by atoms with E-state index in [1.165, 1.54) is 11.8 Å². The maximum atomic E-state index is 10.9. The summed E-state index contributed by atoms with van der Waals surface area (Å²) in [6.07, 6.45) is 0. The Labute approximate surface area is 112 Å². The lowest BCUT2D eigenvalue weighted by molar-refractivity contribution is -0.137. The third-order valence-corrected chi connectivity index (χ3v) is 4.95. The van der Waals surface area contributed by atoms with Gasteiger partial charge in [0.05, 0.1) is 10.2 Å². The average Bonchev–Trinajstić information content (AvgIpc) is 2.95. The van der Waals surface area contributed by atoms with Gasteiger partial charge in [0.15, 0.2) is 6.04 Å². The Hall–Kier alpha value is -1.40. The molecule has 1 unspecified atom stereocenters. The molecule has 0 saturated heterocycles. The van der Waals surface area contributed by atoms with E-state index in [0.29, 0.717) is 5.75 Å². The number of aromatic nitrogens is 1. The largest absolute Gasteiger partial charge is 0.480 e. The number of para-hydroxylation sites is 1. The molecule has 0 saturated carbocycles. The molecule has 2 aromatic rings. The molecule has 0 amide bonds. The van der Waals surface area contributed by atoms with Gasteiger partial charge >= 0.3 is 5.97 Å². The van der Waals surface area contributed by atoms with Gasteiger partial charge in [-0.25, -0.2) is 9.78 Å². The van der Waals surface area contributed by atoms with Crippen LogP contribution < -0.4 is 0 Å². The number of benzene rings is 1. The first kappa shape index (κ1) is 11.7. The van der Waals surface area contributed by atoms with Crippen LogP contribution in [0.25, 0.3) is 10.2 Å². The Morgan fingerprint density at radius 2 is 2.33 bits per heavy atom. The normalized spacial score (nSPS) is 19.2. The zero-order valence-corrected chi connectivity index (χ0v) is 11.2. The lowest BCUT2D eigenvalue weighted by Crippen LogP contribution is -2.17. The van der Waals surface area contributed by atoms with E-state index in [4.69, 9.17) is 5.11 Å². The van der Waals surface area contributed by atoms with Gasteiger partial charge in [-0.1, -0.05) is 12.1 Å². The van der Waals surface area contributed by atoms with Gasteiger partial charge in [-0.05, 0) is 18.6 Å². The van der Waals surface area contributed by atoms with Gasteiger partial charge in [0.1, 0.15) is 10.1 Å². The fraction of sp³-hybridized carbons (Fsp3) is 0.250. The van der Waals surface area contributed by atoms with Gasteiger partial charge in [-0.3, -0.25) is 4.99 Å². The fourth-order valence-electron chi connectivity index (χ4n) is 1.80. The maximum absolute atomic E-state index is 10.9. The smallest absolute Gasteiger partial charge is 0.329 e. The third-order valence-electron chi connectivity index (χ3n) is 2.74. The van der Waals surface area contributed by atoms with Crippen molar-refractivity contribution in [1.29, 1.82) is 0 Å². The SMILES string of the molecule is Cc1cccc2sc(C3=NC(C(=O)O)CS3)nc12. The van der Waals surface area contributed by atoms with Gasteiger partial charge < -0.3 is 5.11 Å². The highest BCUT2D eigenvalue weighted by molar-refractivity contribution is 8.15. The van der Waals surface area contributed by atoms with E-state index in [9.17, 15) is 4.79 Å². The van der Waals surface area contributed by atoms with Gasteiger partial charge in [0.25, 0.3) is 0 Å². The molecular formula is C12H10N2O2S2. The number of aryl methyl sites for hydroxylation is 1. The number of fused-ring (bicyclic) bond motifs is 1. The van der Waals surface area contributed by atoms with Crippen LogP contribution in [0.3, 0.4) is 0 Å². The number of thiazole rings is 1. The van der Waals surface area contributed by atoms with Crippen molar-refractivity contribution in [3.05, 3.63) is 28.8 Å². The zero-order chi connectivity index (χ0) is 12.7. The van der Waals surface area contributed by atoms with Crippen LogP contribution in [0, 0.1) is 6.92 Å². The predicted octanol–water partition coefficient (Wildman–Crippen LogP) is 2.55. The first-order valence-corrected chi connectivity index (χ1v) is 7.25. The number of carbonyl (C=O) groups is 1. The topological polar surface area (TPSA) is 62.5 Å². The van der Waals surface area contributed by atoms with E-state index < -0.39 is 12.0 Å². The van der Waals surface area contributed by atoms with Crippen molar-refractivity contribution in [1.82, 2.24) is 4.98 Å². The molecule has 3 rings (SSSR count). The first-order valence-electron chi connectivity index (χ1n) is 5.45. The van der Waals surface area contributed by atoms with Crippen LogP contribution in [0.5, 0.6) is 0 Å². The Morgan fingerprint density at radius 3 is 3.00 bits per heavy atom. The Morgan fingerprint density at radius 1 is 1.50 bits per heavy atom. The number of thioether (sulfide) groups is 1. The number of carboxylic acids is 1. The van der Waals surface area contributed by atoms with Crippen molar-refractivity contribution in [3.63, 3.8) is 0 Å². The molecule has 18 heavy (non-hydrogen) atoms. The monoisotopic (exact) mass is 278 g/mol. The summed E-state index contributed by atoms with van der Waals surface area (Å²) >= 11 is 3.04. The lowest BCUT2D eigenvalue weighted by atomic mass is 10.2. The molecule has 1 aromatic carbocycles. The van der Waals surface area contributed by atoms with Gasteiger partial charge in [-0.2, -0.15) is 0 Å². The first-order chi connectivity index (χ1) is 8.65. The van der Waals surface area contributed by atoms with E-state index in [1.54, 1.807) is 11.3 Å². The molecule has 1 atom stereocenters. The second kappa shape index (κ2) is 4.37. The molecule has 4 nitrogen and oxygen atoms in total. The number of nitrogens with zero attached hydrogens (tertiary/aromatic N) is 2. The highest BCUT2D eigenvalue weighted by Gasteiger charge is 2.26. The molecule has 0 fully saturated rings. The number of aliphatic carboxylic acids is 1. The van der Waals surface area contributed by atoms with E-state index in [1.807, 2.05) is 25.1 Å². The van der Waals surface area contributed by atoms with Gasteiger partial charge in [0.2, 0.25) is 0 Å². The molecule has 1 aliphatic rings. The lowest BCUT2D eigenvalue weighted by Gasteiger charge is -1.93. The van der Waals surface area contributed by atoms with Crippen molar-refractivity contribution in [2.45, 2.75) is 13.0 Å². The van der Waals surface area contributed by atoms with Gasteiger partial charge in [0, 0.05) is 5.75 Å². The van der Waals surface area contributed by atoms with Crippen LogP contribution in [0.2, 0.25) is 0 Å². The summed E-state index contributed by atoms with van der Waals surface area (Å²) in [5.41, 5.74) is 2.12. The molecule has 1 N–H and O–H groups in total. The minimum atomic E-state index is -0.866. The average molecular weight is 278 g/mol. The van der Waals surface area contributed by atoms with E-state index >= 15 is 0 Å². The van der Waals surface area contributed by atoms with Crippen LogP contribution in [-0.4, -0.2) is 32.9 Å². The fourth-order valence-corrected chi connectivity index (χ4v) is 3.94. The standard InChI is InChI=1S/C12H10N2O2S2/c1-6-3-2-4-8-9(6)14-11(18-8)10-13-7(5-17-10)12(15)16/h2-4,7H,5H2,1H3,(H,15,16). The molecule has 1 aromatic heterocycles. The second-order valence-corrected chi connectivity index (χ2v) is 6.08. The highest BCUT2D eigenvalue weighted by atomic mass is 32.2. The van der Waals surface area contributed by atoms with Crippen molar-refractivity contribution < 1.29 is 9.90 Å². The van der Waals surface area contributed by atoms with Crippen LogP contribution in [-0.2, 0) is 4.79 Å². The molecule has 2 heterocycles. The summed E-state index contributed by atoms with van der Waals surface area (Å²) < 4.78 is 1.12. The number of rotatable bonds is 2. The summed E-state index contributed by atoms with van der Waals surface area (Å²) in [6.45, 7) is 2.02. The maximum Gasteiger partial charge on any atom is 0.329 e. The molecule has 92 valence electrons. The van der Waals surface area contributed by atoms with Crippen LogP contribution in [0.1, 0.15) is 10.6 Å². The minimum Gasteiger partial charge on any atom is -0.480 e. The quantitative estimate of drug-likeness (QED) is 0.917. The number of hydrogen-bond acceptors (Lipinski definition) is 5. The summed E-state index contributed by atoms with van der Waals surface area (Å²) in [5.74, 6) is -0.366. The van der Waals surface area contributed by atoms with Gasteiger partial charge in [-0.15, -0.1) is 23.1 Å². The number of carboxylic acid groups (broad SMARTS) is 1. The van der Waals surface area contributed by atoms with Crippen LogP contribution >= 0.6 is 23.1 Å². The molecule has 0 radical (unpaired) electrons. The molecule has 0 aliphatic carbocycles. The van der Waals surface area contributed by atoms with Crippen molar-refractivity contribution in [2.75, 3.05) is 5.75 Å². The second-order valence-electron chi connectivity index (χ2n) is 4.04. The summed E-state index contributed by atoms with van der Waals surface area (Å²) in [7, 11) is 0. The Bertz CT molecular complexity index is 663. The zero-order valence-electron chi connectivity index (χ0n) is 9.58. The van der Waals surface area contributed by atoms with Crippen molar-refractivity contribution >= 4 is 44.3 Å². The molecule has 0 bridgehead atoms. The van der Waals surface area contributed by atoms with Crippen LogP contribution in [0.15, 0.2) is 23.2 Å². The Balaban J connectivity index is 2.03. The Kier molecular flexibility index (Phi) is 2.83. The third kappa shape index (κ3) is 1.91. The molecular weight excluding hydrogens is 268 g/mol. The van der Waals surface area contributed by atoms with E-state index in [0.717, 1.165) is 25.8 Å². The molecule has 6 heteroatoms. The van der Waals surface area contributed by atoms with Crippen molar-refractivity contribution in [3.8, 4) is 0 Å². The highest BCUT2D eigenvalue weighted by Crippen LogP contribution is 2.30. The summed E-state index contributed by atoms with van der Waals surface area (Å²) in [5, 5.41) is 10.5. The summed E-state index contributed by atoms with van der Waals surface area (Å²) in [4.78, 5) is 19.6. The van der Waals surface area contributed by atoms with Crippen LogP contribution in [0.4, 0.5) is 0 Å². The van der Waals surface area contributed by atoms with E-state index in [-0.39, 0.29) is 0 Å². The predicted molar refractivity (Wildman–Crippen MR) is 74.8 cm³/mol. The van der Waals surface area contributed by atoms with Crippen molar-refractivity contribution in [2.24, 2.45) is 4.99 Å². The molecule has 0 spiro atoms.